The van der Waals surface area contributed by atoms with Crippen molar-refractivity contribution in [1.29, 1.82) is 0 Å². The van der Waals surface area contributed by atoms with Gasteiger partial charge in [-0.15, -0.1) is 0 Å². The molecule has 0 heterocycles. The molecule has 0 aromatic carbocycles. The van der Waals surface area contributed by atoms with Gasteiger partial charge in [-0.3, -0.25) is 0 Å². The van der Waals surface area contributed by atoms with Gasteiger partial charge in [0.2, 0.25) is 0 Å². The fraction of sp³-hybridized carbons (Fsp3) is 0.800. The van der Waals surface area contributed by atoms with Crippen molar-refractivity contribution < 1.29 is 14.7 Å². The number of aliphatic carboxylic acids is 1. The van der Waals surface area contributed by atoms with E-state index in [9.17, 15) is 9.59 Å². The molecule has 2 N–H and O–H groups in total. The highest BCUT2D eigenvalue weighted by Gasteiger charge is 2.25. The van der Waals surface area contributed by atoms with Gasteiger partial charge in [0, 0.05) is 18.8 Å². The van der Waals surface area contributed by atoms with Crippen molar-refractivity contribution in [2.24, 2.45) is 0 Å². The van der Waals surface area contributed by atoms with Crippen LogP contribution in [0.1, 0.15) is 20.3 Å². The van der Waals surface area contributed by atoms with Crippen molar-refractivity contribution >= 4 is 23.8 Å². The first-order valence-corrected chi connectivity index (χ1v) is 6.58. The Hall–Kier alpha value is -0.910. The van der Waals surface area contributed by atoms with Crippen LogP contribution in [0.25, 0.3) is 0 Å². The van der Waals surface area contributed by atoms with Crippen LogP contribution in [0.15, 0.2) is 0 Å². The minimum Gasteiger partial charge on any atom is -0.480 e. The van der Waals surface area contributed by atoms with Gasteiger partial charge in [-0.2, -0.15) is 11.8 Å². The summed E-state index contributed by atoms with van der Waals surface area (Å²) in [5.74, 6) is -0.165. The Balaban J connectivity index is 4.31. The lowest BCUT2D eigenvalue weighted by Gasteiger charge is -2.25. The maximum Gasteiger partial charge on any atom is 0.326 e. The zero-order chi connectivity index (χ0) is 12.7. The molecule has 16 heavy (non-hydrogen) atoms. The lowest BCUT2D eigenvalue weighted by atomic mass is 10.2. The number of thioether (sulfide) groups is 1. The molecule has 0 saturated carbocycles. The summed E-state index contributed by atoms with van der Waals surface area (Å²) in [4.78, 5) is 23.8. The van der Waals surface area contributed by atoms with E-state index in [2.05, 4.69) is 5.32 Å². The van der Waals surface area contributed by atoms with Crippen molar-refractivity contribution in [2.45, 2.75) is 32.4 Å². The van der Waals surface area contributed by atoms with Gasteiger partial charge in [0.15, 0.2) is 0 Å². The number of rotatable bonds is 6. The zero-order valence-electron chi connectivity index (χ0n) is 10.2. The molecule has 94 valence electrons. The molecule has 2 unspecified atom stereocenters. The molecule has 0 rings (SSSR count). The van der Waals surface area contributed by atoms with E-state index in [1.165, 1.54) is 11.9 Å². The van der Waals surface area contributed by atoms with E-state index in [-0.39, 0.29) is 12.1 Å². The SMILES string of the molecule is CCC(C(=O)O)N(C)C(=O)NC(C)CSC. The zero-order valence-corrected chi connectivity index (χ0v) is 11.0. The highest BCUT2D eigenvalue weighted by atomic mass is 32.2. The molecule has 0 radical (unpaired) electrons. The molecule has 0 aliphatic carbocycles. The van der Waals surface area contributed by atoms with E-state index in [0.717, 1.165) is 5.75 Å². The highest BCUT2D eigenvalue weighted by molar-refractivity contribution is 7.98. The summed E-state index contributed by atoms with van der Waals surface area (Å²) in [6, 6.07) is -1.06. The maximum absolute atomic E-state index is 11.7. The first-order valence-electron chi connectivity index (χ1n) is 5.19. The summed E-state index contributed by atoms with van der Waals surface area (Å²) in [5.41, 5.74) is 0. The third-order valence-electron chi connectivity index (χ3n) is 2.25. The van der Waals surface area contributed by atoms with Crippen LogP contribution >= 0.6 is 11.8 Å². The second-order valence-corrected chi connectivity index (χ2v) is 4.59. The Kier molecular flexibility index (Phi) is 6.96. The Morgan fingerprint density at radius 3 is 2.44 bits per heavy atom. The molecule has 0 spiro atoms. The van der Waals surface area contributed by atoms with Gasteiger partial charge in [-0.05, 0) is 19.6 Å². The Morgan fingerprint density at radius 2 is 2.06 bits per heavy atom. The predicted molar refractivity (Wildman–Crippen MR) is 65.9 cm³/mol. The van der Waals surface area contributed by atoms with Crippen molar-refractivity contribution in [3.63, 3.8) is 0 Å². The summed E-state index contributed by atoms with van der Waals surface area (Å²) < 4.78 is 0. The van der Waals surface area contributed by atoms with Crippen LogP contribution in [0.4, 0.5) is 4.79 Å². The second-order valence-electron chi connectivity index (χ2n) is 3.68. The molecule has 0 saturated heterocycles. The number of hydrogen-bond acceptors (Lipinski definition) is 3. The van der Waals surface area contributed by atoms with Gasteiger partial charge >= 0.3 is 12.0 Å². The van der Waals surface area contributed by atoms with E-state index in [0.29, 0.717) is 6.42 Å². The lowest BCUT2D eigenvalue weighted by molar-refractivity contribution is -0.141. The molecular formula is C10H20N2O3S. The van der Waals surface area contributed by atoms with E-state index < -0.39 is 12.0 Å². The average molecular weight is 248 g/mol. The monoisotopic (exact) mass is 248 g/mol. The molecule has 2 amide bonds. The largest absolute Gasteiger partial charge is 0.480 e. The van der Waals surface area contributed by atoms with Crippen molar-refractivity contribution in [1.82, 2.24) is 10.2 Å². The number of carbonyl (C=O) groups is 2. The van der Waals surface area contributed by atoms with E-state index in [4.69, 9.17) is 5.11 Å². The van der Waals surface area contributed by atoms with Gasteiger partial charge in [0.25, 0.3) is 0 Å². The number of hydrogen-bond donors (Lipinski definition) is 2. The Morgan fingerprint density at radius 1 is 1.50 bits per heavy atom. The number of urea groups is 1. The minimum atomic E-state index is -0.974. The third-order valence-corrected chi connectivity index (χ3v) is 3.08. The van der Waals surface area contributed by atoms with E-state index in [1.54, 1.807) is 18.7 Å². The first kappa shape index (κ1) is 15.1. The van der Waals surface area contributed by atoms with Gasteiger partial charge in [0.1, 0.15) is 6.04 Å². The number of carboxylic acids is 1. The van der Waals surface area contributed by atoms with Crippen LogP contribution in [-0.4, -0.2) is 53.1 Å². The summed E-state index contributed by atoms with van der Waals surface area (Å²) in [6.07, 6.45) is 2.36. The van der Waals surface area contributed by atoms with E-state index in [1.807, 2.05) is 13.2 Å². The summed E-state index contributed by atoms with van der Waals surface area (Å²) >= 11 is 1.63. The number of carbonyl (C=O) groups excluding carboxylic acids is 1. The third kappa shape index (κ3) is 4.74. The number of carboxylic acid groups (broad SMARTS) is 1. The fourth-order valence-corrected chi connectivity index (χ4v) is 1.94. The molecule has 0 aromatic heterocycles. The van der Waals surface area contributed by atoms with Crippen molar-refractivity contribution in [3.05, 3.63) is 0 Å². The van der Waals surface area contributed by atoms with Gasteiger partial charge < -0.3 is 15.3 Å². The second kappa shape index (κ2) is 7.38. The van der Waals surface area contributed by atoms with Crippen molar-refractivity contribution in [2.75, 3.05) is 19.1 Å². The topological polar surface area (TPSA) is 69.6 Å². The smallest absolute Gasteiger partial charge is 0.326 e. The molecule has 0 aliphatic rings. The molecule has 6 heteroatoms. The first-order chi connectivity index (χ1) is 7.43. The number of nitrogens with one attached hydrogen (secondary N) is 1. The van der Waals surface area contributed by atoms with Crippen LogP contribution in [0.3, 0.4) is 0 Å². The molecule has 0 aliphatic heterocycles. The van der Waals surface area contributed by atoms with Crippen LogP contribution in [0, 0.1) is 0 Å². The Bertz CT molecular complexity index is 248. The average Bonchev–Trinajstić information content (AvgIpc) is 2.18. The molecule has 0 fully saturated rings. The number of amides is 2. The molecule has 5 nitrogen and oxygen atoms in total. The quantitative estimate of drug-likeness (QED) is 0.742. The van der Waals surface area contributed by atoms with Crippen LogP contribution in [0.2, 0.25) is 0 Å². The van der Waals surface area contributed by atoms with E-state index >= 15 is 0 Å². The Labute approximate surface area is 101 Å². The fourth-order valence-electron chi connectivity index (χ4n) is 1.36. The number of likely N-dealkylation sites (N-methyl/N-ethyl adjacent to an activating group) is 1. The molecule has 2 atom stereocenters. The molecular weight excluding hydrogens is 228 g/mol. The van der Waals surface area contributed by atoms with Gasteiger partial charge in [-0.1, -0.05) is 6.92 Å². The minimum absolute atomic E-state index is 0.0382. The standard InChI is InChI=1S/C10H20N2O3S/c1-5-8(9(13)14)12(3)10(15)11-7(2)6-16-4/h7-8H,5-6H2,1-4H3,(H,11,15)(H,13,14). The van der Waals surface area contributed by atoms with Crippen molar-refractivity contribution in [3.8, 4) is 0 Å². The lowest BCUT2D eigenvalue weighted by Crippen LogP contribution is -2.49. The normalized spacial score (nSPS) is 14.0. The molecule has 0 bridgehead atoms. The van der Waals surface area contributed by atoms with Crippen LogP contribution in [0.5, 0.6) is 0 Å². The summed E-state index contributed by atoms with van der Waals surface area (Å²) in [7, 11) is 1.50. The van der Waals surface area contributed by atoms with Gasteiger partial charge in [0.05, 0.1) is 0 Å². The summed E-state index contributed by atoms with van der Waals surface area (Å²) in [5, 5.41) is 11.7. The number of nitrogens with zero attached hydrogens (tertiary/aromatic N) is 1. The van der Waals surface area contributed by atoms with Gasteiger partial charge in [-0.25, -0.2) is 9.59 Å². The highest BCUT2D eigenvalue weighted by Crippen LogP contribution is 2.03. The molecule has 0 aromatic rings. The summed E-state index contributed by atoms with van der Waals surface area (Å²) in [6.45, 7) is 3.64. The van der Waals surface area contributed by atoms with Crippen LogP contribution in [-0.2, 0) is 4.79 Å². The maximum atomic E-state index is 11.7. The van der Waals surface area contributed by atoms with Crippen LogP contribution < -0.4 is 5.32 Å². The predicted octanol–water partition coefficient (Wildman–Crippen LogP) is 1.24.